The summed E-state index contributed by atoms with van der Waals surface area (Å²) in [5, 5.41) is 2.84. The Morgan fingerprint density at radius 1 is 1.03 bits per heavy atom. The number of anilines is 1. The van der Waals surface area contributed by atoms with Gasteiger partial charge in [0, 0.05) is 5.69 Å². The molecule has 0 aliphatic heterocycles. The van der Waals surface area contributed by atoms with Crippen molar-refractivity contribution >= 4 is 33.4 Å². The van der Waals surface area contributed by atoms with Crippen molar-refractivity contribution in [3.63, 3.8) is 0 Å². The molecular weight excluding hydrogens is 404 g/mol. The molecule has 0 spiro atoms. The summed E-state index contributed by atoms with van der Waals surface area (Å²) < 4.78 is 28.0. The van der Waals surface area contributed by atoms with Crippen LogP contribution in [0.1, 0.15) is 38.3 Å². The molecule has 0 saturated carbocycles. The van der Waals surface area contributed by atoms with Gasteiger partial charge in [-0.1, -0.05) is 50.6 Å². The van der Waals surface area contributed by atoms with E-state index in [4.69, 9.17) is 0 Å². The number of thioether (sulfide) groups is 1. The minimum atomic E-state index is -3.79. The summed E-state index contributed by atoms with van der Waals surface area (Å²) in [6.07, 6.45) is 2.33. The second kappa shape index (κ2) is 9.78. The number of rotatable bonds is 8. The van der Waals surface area contributed by atoms with Gasteiger partial charge >= 0.3 is 0 Å². The number of carbonyl (C=O) groups is 1. The molecule has 2 aromatic carbocycles. The Bertz CT molecular complexity index is 916. The van der Waals surface area contributed by atoms with E-state index >= 15 is 0 Å². The Labute approximate surface area is 178 Å². The topological polar surface area (TPSA) is 75.3 Å². The van der Waals surface area contributed by atoms with Gasteiger partial charge in [-0.2, -0.15) is 16.5 Å². The third-order valence-electron chi connectivity index (χ3n) is 4.57. The third kappa shape index (κ3) is 6.87. The average Bonchev–Trinajstić information content (AvgIpc) is 2.65. The first-order valence-corrected chi connectivity index (χ1v) is 12.4. The number of hydrogen-bond acceptors (Lipinski definition) is 4. The maximum atomic E-state index is 12.8. The molecule has 2 aromatic rings. The fourth-order valence-electron chi connectivity index (χ4n) is 2.73. The van der Waals surface area contributed by atoms with Crippen molar-refractivity contribution < 1.29 is 13.2 Å². The average molecular weight is 435 g/mol. The second-order valence-electron chi connectivity index (χ2n) is 8.09. The summed E-state index contributed by atoms with van der Waals surface area (Å²) in [6, 6.07) is 13.4. The first-order valence-electron chi connectivity index (χ1n) is 9.52. The molecule has 29 heavy (non-hydrogen) atoms. The third-order valence-corrected chi connectivity index (χ3v) is 6.71. The van der Waals surface area contributed by atoms with Crippen LogP contribution in [-0.2, 0) is 20.2 Å². The number of carbonyl (C=O) groups excluding carboxylic acids is 1. The molecule has 0 aliphatic carbocycles. The van der Waals surface area contributed by atoms with Crippen molar-refractivity contribution in [3.05, 3.63) is 59.7 Å². The molecule has 0 fully saturated rings. The zero-order valence-corrected chi connectivity index (χ0v) is 19.3. The van der Waals surface area contributed by atoms with E-state index in [0.717, 1.165) is 11.1 Å². The predicted octanol–water partition coefficient (Wildman–Crippen LogP) is 4.33. The van der Waals surface area contributed by atoms with Crippen LogP contribution in [0.4, 0.5) is 5.69 Å². The van der Waals surface area contributed by atoms with Gasteiger partial charge in [0.1, 0.15) is 6.04 Å². The number of amides is 1. The van der Waals surface area contributed by atoms with Crippen LogP contribution >= 0.6 is 11.8 Å². The van der Waals surface area contributed by atoms with E-state index in [1.54, 1.807) is 36.0 Å². The number of benzene rings is 2. The van der Waals surface area contributed by atoms with Crippen molar-refractivity contribution in [2.45, 2.75) is 50.5 Å². The van der Waals surface area contributed by atoms with Crippen molar-refractivity contribution in [1.82, 2.24) is 4.72 Å². The smallest absolute Gasteiger partial charge is 0.242 e. The van der Waals surface area contributed by atoms with E-state index in [9.17, 15) is 13.2 Å². The number of hydrogen-bond donors (Lipinski definition) is 2. The molecule has 0 radical (unpaired) electrons. The largest absolute Gasteiger partial charge is 0.325 e. The van der Waals surface area contributed by atoms with Crippen LogP contribution in [0.25, 0.3) is 0 Å². The van der Waals surface area contributed by atoms with Crippen molar-refractivity contribution in [2.75, 3.05) is 17.3 Å². The van der Waals surface area contributed by atoms with Gasteiger partial charge in [-0.15, -0.1) is 0 Å². The zero-order chi connectivity index (χ0) is 21.7. The molecule has 1 atom stereocenters. The highest BCUT2D eigenvalue weighted by Gasteiger charge is 2.25. The van der Waals surface area contributed by atoms with Gasteiger partial charge in [0.2, 0.25) is 15.9 Å². The van der Waals surface area contributed by atoms with E-state index in [-0.39, 0.29) is 16.2 Å². The SMILES string of the molecule is CSCCC(NS(=O)(=O)c1ccc(C)cc1)C(=O)Nc1ccc(C(C)(C)C)cc1. The molecule has 0 saturated heterocycles. The highest BCUT2D eigenvalue weighted by molar-refractivity contribution is 7.98. The molecule has 2 rings (SSSR count). The van der Waals surface area contributed by atoms with E-state index in [1.165, 1.54) is 0 Å². The summed E-state index contributed by atoms with van der Waals surface area (Å²) in [5.74, 6) is 0.301. The molecule has 7 heteroatoms. The standard InChI is InChI=1S/C22H30N2O3S2/c1-16-6-12-19(13-7-16)29(26,27)24-20(14-15-28-5)21(25)23-18-10-8-17(9-11-18)22(2,3)4/h6-13,20,24H,14-15H2,1-5H3,(H,23,25). The first kappa shape index (κ1) is 23.4. The number of nitrogens with one attached hydrogen (secondary N) is 2. The Morgan fingerprint density at radius 3 is 2.14 bits per heavy atom. The summed E-state index contributed by atoms with van der Waals surface area (Å²) in [5.41, 5.74) is 2.80. The molecule has 0 bridgehead atoms. The Hall–Kier alpha value is -1.83. The van der Waals surface area contributed by atoms with Crippen molar-refractivity contribution in [3.8, 4) is 0 Å². The van der Waals surface area contributed by atoms with Gasteiger partial charge in [-0.3, -0.25) is 4.79 Å². The molecule has 2 N–H and O–H groups in total. The lowest BCUT2D eigenvalue weighted by atomic mass is 9.87. The van der Waals surface area contributed by atoms with E-state index in [2.05, 4.69) is 30.8 Å². The maximum Gasteiger partial charge on any atom is 0.242 e. The second-order valence-corrected chi connectivity index (χ2v) is 10.8. The van der Waals surface area contributed by atoms with Crippen LogP contribution in [0.2, 0.25) is 0 Å². The normalized spacial score (nSPS) is 13.1. The van der Waals surface area contributed by atoms with Crippen LogP contribution < -0.4 is 10.0 Å². The highest BCUT2D eigenvalue weighted by atomic mass is 32.2. The van der Waals surface area contributed by atoms with Crippen molar-refractivity contribution in [2.24, 2.45) is 0 Å². The first-order chi connectivity index (χ1) is 13.5. The van der Waals surface area contributed by atoms with Crippen LogP contribution in [0.5, 0.6) is 0 Å². The predicted molar refractivity (Wildman–Crippen MR) is 122 cm³/mol. The Kier molecular flexibility index (Phi) is 7.91. The van der Waals surface area contributed by atoms with Gasteiger partial charge in [-0.25, -0.2) is 8.42 Å². The van der Waals surface area contributed by atoms with Crippen molar-refractivity contribution in [1.29, 1.82) is 0 Å². The van der Waals surface area contributed by atoms with Crippen LogP contribution in [0.15, 0.2) is 53.4 Å². The molecular formula is C22H30N2O3S2. The van der Waals surface area contributed by atoms with Crippen LogP contribution in [-0.4, -0.2) is 32.4 Å². The fourth-order valence-corrected chi connectivity index (χ4v) is 4.44. The zero-order valence-electron chi connectivity index (χ0n) is 17.7. The van der Waals surface area contributed by atoms with E-state index in [0.29, 0.717) is 17.9 Å². The minimum Gasteiger partial charge on any atom is -0.325 e. The number of sulfonamides is 1. The van der Waals surface area contributed by atoms with E-state index < -0.39 is 16.1 Å². The number of aryl methyl sites for hydroxylation is 1. The molecule has 158 valence electrons. The van der Waals surface area contributed by atoms with Gasteiger partial charge in [0.25, 0.3) is 0 Å². The summed E-state index contributed by atoms with van der Waals surface area (Å²) in [7, 11) is -3.79. The molecule has 1 unspecified atom stereocenters. The lowest BCUT2D eigenvalue weighted by Crippen LogP contribution is -2.44. The molecule has 0 heterocycles. The van der Waals surface area contributed by atoms with Crippen LogP contribution in [0, 0.1) is 6.92 Å². The lowest BCUT2D eigenvalue weighted by Gasteiger charge is -2.20. The summed E-state index contributed by atoms with van der Waals surface area (Å²) in [4.78, 5) is 13.0. The Morgan fingerprint density at radius 2 is 1.62 bits per heavy atom. The van der Waals surface area contributed by atoms with Gasteiger partial charge in [0.15, 0.2) is 0 Å². The van der Waals surface area contributed by atoms with Gasteiger partial charge in [0.05, 0.1) is 4.90 Å². The molecule has 5 nitrogen and oxygen atoms in total. The molecule has 1 amide bonds. The summed E-state index contributed by atoms with van der Waals surface area (Å²) >= 11 is 1.57. The summed E-state index contributed by atoms with van der Waals surface area (Å²) in [6.45, 7) is 8.26. The lowest BCUT2D eigenvalue weighted by molar-refractivity contribution is -0.117. The Balaban J connectivity index is 2.16. The monoisotopic (exact) mass is 434 g/mol. The van der Waals surface area contributed by atoms with Gasteiger partial charge in [-0.05, 0) is 60.6 Å². The highest BCUT2D eigenvalue weighted by Crippen LogP contribution is 2.23. The molecule has 0 aromatic heterocycles. The van der Waals surface area contributed by atoms with Gasteiger partial charge < -0.3 is 5.32 Å². The molecule has 0 aliphatic rings. The fraction of sp³-hybridized carbons (Fsp3) is 0.409. The van der Waals surface area contributed by atoms with Crippen LogP contribution in [0.3, 0.4) is 0 Å². The minimum absolute atomic E-state index is 0.0209. The quantitative estimate of drug-likeness (QED) is 0.648. The maximum absolute atomic E-state index is 12.8. The van der Waals surface area contributed by atoms with E-state index in [1.807, 2.05) is 37.4 Å².